The van der Waals surface area contributed by atoms with Crippen LogP contribution in [0.2, 0.25) is 0 Å². The SMILES string of the molecule is Nc1ccccc1C(=O)OC(NCC1CO1)C1CO1. The van der Waals surface area contributed by atoms with Gasteiger partial charge in [0, 0.05) is 12.2 Å². The fraction of sp³-hybridized carbons (Fsp3) is 0.462. The second kappa shape index (κ2) is 5.16. The topological polar surface area (TPSA) is 89.4 Å². The summed E-state index contributed by atoms with van der Waals surface area (Å²) in [5.41, 5.74) is 6.53. The summed E-state index contributed by atoms with van der Waals surface area (Å²) in [6.07, 6.45) is -0.300. The second-order valence-electron chi connectivity index (χ2n) is 4.65. The van der Waals surface area contributed by atoms with E-state index >= 15 is 0 Å². The Kier molecular flexibility index (Phi) is 3.37. The van der Waals surface area contributed by atoms with Crippen LogP contribution in [0.3, 0.4) is 0 Å². The molecule has 2 fully saturated rings. The smallest absolute Gasteiger partial charge is 0.341 e. The first kappa shape index (κ1) is 12.4. The maximum atomic E-state index is 12.0. The molecule has 2 aliphatic rings. The summed E-state index contributed by atoms with van der Waals surface area (Å²) in [4.78, 5) is 12.0. The first-order chi connectivity index (χ1) is 9.24. The molecule has 1 aromatic carbocycles. The number of ether oxygens (including phenoxy) is 3. The summed E-state index contributed by atoms with van der Waals surface area (Å²) in [5, 5.41) is 3.13. The number of epoxide rings is 2. The summed E-state index contributed by atoms with van der Waals surface area (Å²) < 4.78 is 15.7. The van der Waals surface area contributed by atoms with Gasteiger partial charge in [-0.1, -0.05) is 12.1 Å². The maximum absolute atomic E-state index is 12.0. The molecule has 0 aliphatic carbocycles. The maximum Gasteiger partial charge on any atom is 0.341 e. The van der Waals surface area contributed by atoms with E-state index in [1.54, 1.807) is 24.3 Å². The van der Waals surface area contributed by atoms with E-state index in [0.717, 1.165) is 6.61 Å². The van der Waals surface area contributed by atoms with Gasteiger partial charge in [0.25, 0.3) is 0 Å². The molecule has 1 aromatic rings. The van der Waals surface area contributed by atoms with Crippen molar-refractivity contribution in [2.75, 3.05) is 25.5 Å². The zero-order valence-corrected chi connectivity index (χ0v) is 10.4. The van der Waals surface area contributed by atoms with Crippen LogP contribution in [0.1, 0.15) is 10.4 Å². The molecule has 3 rings (SSSR count). The number of carbonyl (C=O) groups excluding carboxylic acids is 1. The summed E-state index contributed by atoms with van der Waals surface area (Å²) in [5.74, 6) is -0.442. The van der Waals surface area contributed by atoms with Crippen LogP contribution in [0.25, 0.3) is 0 Å². The molecule has 3 N–H and O–H groups in total. The Morgan fingerprint density at radius 2 is 2.16 bits per heavy atom. The number of hydrogen-bond donors (Lipinski definition) is 2. The minimum absolute atomic E-state index is 0.0763. The van der Waals surface area contributed by atoms with E-state index in [0.29, 0.717) is 24.4 Å². The molecule has 0 amide bonds. The van der Waals surface area contributed by atoms with Gasteiger partial charge in [0.1, 0.15) is 6.10 Å². The molecular formula is C13H16N2O4. The molecule has 0 bridgehead atoms. The van der Waals surface area contributed by atoms with Crippen LogP contribution in [0, 0.1) is 0 Å². The molecule has 6 heteroatoms. The van der Waals surface area contributed by atoms with Crippen molar-refractivity contribution in [3.63, 3.8) is 0 Å². The lowest BCUT2D eigenvalue weighted by atomic mass is 10.2. The molecule has 6 nitrogen and oxygen atoms in total. The summed E-state index contributed by atoms with van der Waals surface area (Å²) in [7, 11) is 0. The van der Waals surface area contributed by atoms with Crippen molar-refractivity contribution in [2.45, 2.75) is 18.4 Å². The average Bonchev–Trinajstić information content (AvgIpc) is 3.28. The van der Waals surface area contributed by atoms with Crippen LogP contribution in [0.4, 0.5) is 5.69 Å². The van der Waals surface area contributed by atoms with E-state index in [9.17, 15) is 4.79 Å². The first-order valence-corrected chi connectivity index (χ1v) is 6.26. The van der Waals surface area contributed by atoms with Gasteiger partial charge in [0.15, 0.2) is 6.23 Å². The predicted octanol–water partition coefficient (Wildman–Crippen LogP) is 0.139. The van der Waals surface area contributed by atoms with Crippen molar-refractivity contribution in [1.29, 1.82) is 0 Å². The molecule has 0 spiro atoms. The number of nitrogens with two attached hydrogens (primary N) is 1. The van der Waals surface area contributed by atoms with E-state index in [1.165, 1.54) is 0 Å². The van der Waals surface area contributed by atoms with E-state index in [4.69, 9.17) is 19.9 Å². The van der Waals surface area contributed by atoms with E-state index in [2.05, 4.69) is 5.32 Å². The molecule has 2 heterocycles. The molecule has 0 radical (unpaired) electrons. The normalized spacial score (nSPS) is 25.7. The summed E-state index contributed by atoms with van der Waals surface area (Å²) in [6, 6.07) is 6.84. The zero-order valence-electron chi connectivity index (χ0n) is 10.4. The molecule has 2 aliphatic heterocycles. The van der Waals surface area contributed by atoms with Gasteiger partial charge < -0.3 is 19.9 Å². The van der Waals surface area contributed by atoms with Crippen LogP contribution in [-0.2, 0) is 14.2 Å². The van der Waals surface area contributed by atoms with E-state index < -0.39 is 12.2 Å². The van der Waals surface area contributed by atoms with Crippen molar-refractivity contribution in [2.24, 2.45) is 0 Å². The Bertz CT molecular complexity index is 471. The van der Waals surface area contributed by atoms with Gasteiger partial charge in [-0.25, -0.2) is 4.79 Å². The number of hydrogen-bond acceptors (Lipinski definition) is 6. The quantitative estimate of drug-likeness (QED) is 0.329. The Morgan fingerprint density at radius 1 is 1.42 bits per heavy atom. The third kappa shape index (κ3) is 3.23. The van der Waals surface area contributed by atoms with Gasteiger partial charge in [-0.3, -0.25) is 5.32 Å². The molecule has 0 saturated carbocycles. The van der Waals surface area contributed by atoms with Gasteiger partial charge in [-0.2, -0.15) is 0 Å². The third-order valence-electron chi connectivity index (χ3n) is 3.06. The number of nitrogens with one attached hydrogen (secondary N) is 1. The number of esters is 1. The van der Waals surface area contributed by atoms with E-state index in [-0.39, 0.29) is 12.2 Å². The zero-order chi connectivity index (χ0) is 13.2. The Morgan fingerprint density at radius 3 is 2.79 bits per heavy atom. The van der Waals surface area contributed by atoms with Crippen molar-refractivity contribution < 1.29 is 19.0 Å². The molecule has 0 aromatic heterocycles. The third-order valence-corrected chi connectivity index (χ3v) is 3.06. The highest BCUT2D eigenvalue weighted by molar-refractivity contribution is 5.95. The van der Waals surface area contributed by atoms with Gasteiger partial charge in [0.05, 0.1) is 24.9 Å². The van der Waals surface area contributed by atoms with Crippen molar-refractivity contribution in [1.82, 2.24) is 5.32 Å². The number of carbonyl (C=O) groups is 1. The molecule has 102 valence electrons. The van der Waals surface area contributed by atoms with E-state index in [1.807, 2.05) is 0 Å². The average molecular weight is 264 g/mol. The van der Waals surface area contributed by atoms with Gasteiger partial charge in [-0.05, 0) is 12.1 Å². The monoisotopic (exact) mass is 264 g/mol. The molecule has 2 saturated heterocycles. The largest absolute Gasteiger partial charge is 0.440 e. The standard InChI is InChI=1S/C13H16N2O4/c14-10-4-2-1-3-9(10)13(16)19-12(11-7-18-11)15-5-8-6-17-8/h1-4,8,11-12,15H,5-7,14H2. The lowest BCUT2D eigenvalue weighted by Crippen LogP contribution is -2.40. The highest BCUT2D eigenvalue weighted by Gasteiger charge is 2.37. The van der Waals surface area contributed by atoms with Crippen LogP contribution < -0.4 is 11.1 Å². The molecule has 3 unspecified atom stereocenters. The van der Waals surface area contributed by atoms with Crippen LogP contribution >= 0.6 is 0 Å². The lowest BCUT2D eigenvalue weighted by Gasteiger charge is -2.17. The van der Waals surface area contributed by atoms with Crippen LogP contribution in [0.5, 0.6) is 0 Å². The first-order valence-electron chi connectivity index (χ1n) is 6.26. The highest BCUT2D eigenvalue weighted by Crippen LogP contribution is 2.19. The predicted molar refractivity (Wildman–Crippen MR) is 67.5 cm³/mol. The fourth-order valence-electron chi connectivity index (χ4n) is 1.77. The number of rotatable bonds is 6. The molecule has 3 atom stereocenters. The van der Waals surface area contributed by atoms with Gasteiger partial charge in [-0.15, -0.1) is 0 Å². The number of anilines is 1. The number of benzene rings is 1. The minimum Gasteiger partial charge on any atom is -0.440 e. The Hall–Kier alpha value is -1.63. The Balaban J connectivity index is 1.60. The van der Waals surface area contributed by atoms with Crippen LogP contribution in [0.15, 0.2) is 24.3 Å². The Labute approximate surface area is 110 Å². The second-order valence-corrected chi connectivity index (χ2v) is 4.65. The lowest BCUT2D eigenvalue weighted by molar-refractivity contribution is 0.0126. The molecule has 19 heavy (non-hydrogen) atoms. The number of para-hydroxylation sites is 1. The fourth-order valence-corrected chi connectivity index (χ4v) is 1.77. The van der Waals surface area contributed by atoms with Gasteiger partial charge in [0.2, 0.25) is 0 Å². The summed E-state index contributed by atoms with van der Waals surface area (Å²) >= 11 is 0. The van der Waals surface area contributed by atoms with Crippen LogP contribution in [-0.4, -0.2) is 44.2 Å². The number of nitrogen functional groups attached to an aromatic ring is 1. The molecular weight excluding hydrogens is 248 g/mol. The summed E-state index contributed by atoms with van der Waals surface area (Å²) in [6.45, 7) is 2.01. The van der Waals surface area contributed by atoms with Crippen molar-refractivity contribution in [3.8, 4) is 0 Å². The minimum atomic E-state index is -0.448. The van der Waals surface area contributed by atoms with Crippen molar-refractivity contribution in [3.05, 3.63) is 29.8 Å². The van der Waals surface area contributed by atoms with Crippen molar-refractivity contribution >= 4 is 11.7 Å². The van der Waals surface area contributed by atoms with Gasteiger partial charge >= 0.3 is 5.97 Å². The highest BCUT2D eigenvalue weighted by atomic mass is 16.6.